The number of aryl methyl sites for hydroxylation is 1. The minimum Gasteiger partial charge on any atom is -0.496 e. The summed E-state index contributed by atoms with van der Waals surface area (Å²) in [4.78, 5) is 16.8. The summed E-state index contributed by atoms with van der Waals surface area (Å²) in [6.07, 6.45) is 1.99. The van der Waals surface area contributed by atoms with Crippen LogP contribution in [0.2, 0.25) is 0 Å². The SMILES string of the molecule is CCC(CC)NC(=O)CN1CCN(Cc2cc(C)ccc2OC)CC1. The lowest BCUT2D eigenvalue weighted by Gasteiger charge is -2.34. The average molecular weight is 348 g/mol. The lowest BCUT2D eigenvalue weighted by molar-refractivity contribution is -0.123. The molecule has 2 rings (SSSR count). The molecule has 5 heteroatoms. The van der Waals surface area contributed by atoms with E-state index < -0.39 is 0 Å². The van der Waals surface area contributed by atoms with Crippen molar-refractivity contribution in [3.63, 3.8) is 0 Å². The molecule has 0 saturated carbocycles. The van der Waals surface area contributed by atoms with Crippen molar-refractivity contribution in [2.45, 2.75) is 46.2 Å². The molecule has 1 aliphatic heterocycles. The number of nitrogens with zero attached hydrogens (tertiary/aromatic N) is 2. The van der Waals surface area contributed by atoms with Crippen LogP contribution in [0.4, 0.5) is 0 Å². The van der Waals surface area contributed by atoms with Crippen molar-refractivity contribution in [2.24, 2.45) is 0 Å². The van der Waals surface area contributed by atoms with Gasteiger partial charge in [-0.3, -0.25) is 14.6 Å². The summed E-state index contributed by atoms with van der Waals surface area (Å²) in [6.45, 7) is 11.6. The fourth-order valence-electron chi connectivity index (χ4n) is 3.35. The van der Waals surface area contributed by atoms with Crippen molar-refractivity contribution in [2.75, 3.05) is 39.8 Å². The summed E-state index contributed by atoms with van der Waals surface area (Å²) >= 11 is 0. The molecule has 0 spiro atoms. The van der Waals surface area contributed by atoms with Crippen LogP contribution < -0.4 is 10.1 Å². The van der Waals surface area contributed by atoms with Crippen molar-refractivity contribution in [1.29, 1.82) is 0 Å². The van der Waals surface area contributed by atoms with E-state index in [-0.39, 0.29) is 5.91 Å². The fraction of sp³-hybridized carbons (Fsp3) is 0.650. The van der Waals surface area contributed by atoms with E-state index in [4.69, 9.17) is 4.74 Å². The van der Waals surface area contributed by atoms with E-state index in [1.165, 1.54) is 11.1 Å². The standard InChI is InChI=1S/C20H33N3O2/c1-5-18(6-2)21-20(24)15-23-11-9-22(10-12-23)14-17-13-16(3)7-8-19(17)25-4/h7-8,13,18H,5-6,9-12,14-15H2,1-4H3,(H,21,24). The van der Waals surface area contributed by atoms with Gasteiger partial charge in [0, 0.05) is 44.3 Å². The van der Waals surface area contributed by atoms with Gasteiger partial charge in [0.25, 0.3) is 0 Å². The summed E-state index contributed by atoms with van der Waals surface area (Å²) in [6, 6.07) is 6.64. The number of carbonyl (C=O) groups is 1. The quantitative estimate of drug-likeness (QED) is 0.784. The minimum atomic E-state index is 0.155. The van der Waals surface area contributed by atoms with Crippen molar-refractivity contribution in [3.8, 4) is 5.75 Å². The number of benzene rings is 1. The predicted molar refractivity (Wildman–Crippen MR) is 102 cm³/mol. The monoisotopic (exact) mass is 347 g/mol. The van der Waals surface area contributed by atoms with E-state index >= 15 is 0 Å². The highest BCUT2D eigenvalue weighted by atomic mass is 16.5. The Bertz CT molecular complexity index is 550. The summed E-state index contributed by atoms with van der Waals surface area (Å²) in [7, 11) is 1.73. The number of ether oxygens (including phenoxy) is 1. The molecule has 0 aromatic heterocycles. The van der Waals surface area contributed by atoms with Crippen LogP contribution in [0.1, 0.15) is 37.8 Å². The van der Waals surface area contributed by atoms with Crippen LogP contribution in [-0.2, 0) is 11.3 Å². The first-order valence-electron chi connectivity index (χ1n) is 9.43. The third kappa shape index (κ3) is 6.01. The molecule has 0 unspecified atom stereocenters. The molecule has 5 nitrogen and oxygen atoms in total. The highest BCUT2D eigenvalue weighted by Crippen LogP contribution is 2.22. The van der Waals surface area contributed by atoms with Crippen molar-refractivity contribution >= 4 is 5.91 Å². The first-order chi connectivity index (χ1) is 12.0. The predicted octanol–water partition coefficient (Wildman–Crippen LogP) is 2.43. The molecule has 1 aromatic rings. The summed E-state index contributed by atoms with van der Waals surface area (Å²) in [5.74, 6) is 1.11. The first kappa shape index (κ1) is 19.7. The largest absolute Gasteiger partial charge is 0.496 e. The van der Waals surface area contributed by atoms with E-state index in [1.54, 1.807) is 7.11 Å². The lowest BCUT2D eigenvalue weighted by atomic mass is 10.1. The van der Waals surface area contributed by atoms with Crippen LogP contribution in [0.25, 0.3) is 0 Å². The Balaban J connectivity index is 1.80. The molecule has 140 valence electrons. The molecular weight excluding hydrogens is 314 g/mol. The highest BCUT2D eigenvalue weighted by Gasteiger charge is 2.20. The Morgan fingerprint density at radius 3 is 2.40 bits per heavy atom. The Morgan fingerprint density at radius 1 is 1.16 bits per heavy atom. The zero-order chi connectivity index (χ0) is 18.2. The second-order valence-corrected chi connectivity index (χ2v) is 6.95. The smallest absolute Gasteiger partial charge is 0.234 e. The van der Waals surface area contributed by atoms with Crippen LogP contribution in [0.5, 0.6) is 5.75 Å². The van der Waals surface area contributed by atoms with E-state index in [2.05, 4.69) is 48.0 Å². The number of carbonyl (C=O) groups excluding carboxylic acids is 1. The Hall–Kier alpha value is -1.59. The third-order valence-corrected chi connectivity index (χ3v) is 5.01. The van der Waals surface area contributed by atoms with Crippen molar-refractivity contribution < 1.29 is 9.53 Å². The molecule has 1 aliphatic rings. The zero-order valence-corrected chi connectivity index (χ0v) is 16.2. The molecule has 1 N–H and O–H groups in total. The Kier molecular flexibility index (Phi) is 7.72. The number of amides is 1. The first-order valence-corrected chi connectivity index (χ1v) is 9.43. The van der Waals surface area contributed by atoms with Crippen molar-refractivity contribution in [1.82, 2.24) is 15.1 Å². The van der Waals surface area contributed by atoms with Crippen LogP contribution in [0.15, 0.2) is 18.2 Å². The number of piperazine rings is 1. The van der Waals surface area contributed by atoms with Crippen LogP contribution >= 0.6 is 0 Å². The van der Waals surface area contributed by atoms with Gasteiger partial charge in [0.2, 0.25) is 5.91 Å². The Morgan fingerprint density at radius 2 is 1.80 bits per heavy atom. The molecule has 1 amide bonds. The van der Waals surface area contributed by atoms with E-state index in [9.17, 15) is 4.79 Å². The number of hydrogen-bond acceptors (Lipinski definition) is 4. The minimum absolute atomic E-state index is 0.155. The summed E-state index contributed by atoms with van der Waals surface area (Å²) < 4.78 is 5.48. The second-order valence-electron chi connectivity index (χ2n) is 6.95. The van der Waals surface area contributed by atoms with Gasteiger partial charge in [-0.1, -0.05) is 31.5 Å². The van der Waals surface area contributed by atoms with Gasteiger partial charge < -0.3 is 10.1 Å². The third-order valence-electron chi connectivity index (χ3n) is 5.01. The van der Waals surface area contributed by atoms with E-state index in [0.29, 0.717) is 12.6 Å². The molecule has 1 heterocycles. The zero-order valence-electron chi connectivity index (χ0n) is 16.2. The van der Waals surface area contributed by atoms with Crippen LogP contribution in [0, 0.1) is 6.92 Å². The maximum absolute atomic E-state index is 12.2. The number of rotatable bonds is 8. The topological polar surface area (TPSA) is 44.8 Å². The Labute approximate surface area is 152 Å². The fourth-order valence-corrected chi connectivity index (χ4v) is 3.35. The van der Waals surface area contributed by atoms with Gasteiger partial charge in [0.1, 0.15) is 5.75 Å². The summed E-state index contributed by atoms with van der Waals surface area (Å²) in [5, 5.41) is 3.13. The molecule has 1 fully saturated rings. The van der Waals surface area contributed by atoms with E-state index in [0.717, 1.165) is 51.3 Å². The van der Waals surface area contributed by atoms with Gasteiger partial charge in [0.05, 0.1) is 13.7 Å². The second kappa shape index (κ2) is 9.78. The van der Waals surface area contributed by atoms with Crippen LogP contribution in [0.3, 0.4) is 0 Å². The maximum atomic E-state index is 12.2. The average Bonchev–Trinajstić information content (AvgIpc) is 2.61. The molecule has 0 aliphatic carbocycles. The van der Waals surface area contributed by atoms with E-state index in [1.807, 2.05) is 6.07 Å². The van der Waals surface area contributed by atoms with Gasteiger partial charge in [-0.25, -0.2) is 0 Å². The number of hydrogen-bond donors (Lipinski definition) is 1. The highest BCUT2D eigenvalue weighted by molar-refractivity contribution is 5.78. The van der Waals surface area contributed by atoms with Crippen LogP contribution in [-0.4, -0.2) is 61.6 Å². The number of nitrogens with one attached hydrogen (secondary N) is 1. The van der Waals surface area contributed by atoms with Gasteiger partial charge in [0.15, 0.2) is 0 Å². The molecular formula is C20H33N3O2. The molecule has 0 radical (unpaired) electrons. The molecule has 1 saturated heterocycles. The molecule has 0 bridgehead atoms. The normalized spacial score (nSPS) is 16.2. The summed E-state index contributed by atoms with van der Waals surface area (Å²) in [5.41, 5.74) is 2.50. The van der Waals surface area contributed by atoms with Gasteiger partial charge in [-0.2, -0.15) is 0 Å². The molecule has 0 atom stereocenters. The number of methoxy groups -OCH3 is 1. The van der Waals surface area contributed by atoms with Gasteiger partial charge >= 0.3 is 0 Å². The lowest BCUT2D eigenvalue weighted by Crippen LogP contribution is -2.50. The molecule has 25 heavy (non-hydrogen) atoms. The van der Waals surface area contributed by atoms with Gasteiger partial charge in [-0.15, -0.1) is 0 Å². The maximum Gasteiger partial charge on any atom is 0.234 e. The molecule has 1 aromatic carbocycles. The van der Waals surface area contributed by atoms with Gasteiger partial charge in [-0.05, 0) is 25.8 Å². The van der Waals surface area contributed by atoms with Crippen molar-refractivity contribution in [3.05, 3.63) is 29.3 Å².